The molecule has 0 heterocycles. The van der Waals surface area contributed by atoms with E-state index in [2.05, 4.69) is 0 Å². The molecule has 0 radical (unpaired) electrons. The molecule has 0 spiro atoms. The van der Waals surface area contributed by atoms with Gasteiger partial charge in [0.15, 0.2) is 0 Å². The highest BCUT2D eigenvalue weighted by Gasteiger charge is 2.38. The van der Waals surface area contributed by atoms with E-state index in [0.29, 0.717) is 7.92 Å². The van der Waals surface area contributed by atoms with E-state index in [1.807, 2.05) is 0 Å². The Hall–Kier alpha value is 0.215. The summed E-state index contributed by atoms with van der Waals surface area (Å²) in [6, 6.07) is 0. The van der Waals surface area contributed by atoms with Crippen LogP contribution in [0.4, 0.5) is 17.3 Å². The fourth-order valence-corrected chi connectivity index (χ4v) is 9.01. The second-order valence-electron chi connectivity index (χ2n) is 7.11. The SMILES string of the molecule is C1CCC(P(C2CCCCC2)C2CCC2)CC1.F[B-](F)(F)F. The molecule has 130 valence electrons. The van der Waals surface area contributed by atoms with Gasteiger partial charge in [0.05, 0.1) is 0 Å². The summed E-state index contributed by atoms with van der Waals surface area (Å²) in [5.74, 6) is 0. The largest absolute Gasteiger partial charge is 0.673 e. The predicted molar refractivity (Wildman–Crippen MR) is 88.5 cm³/mol. The molecule has 0 saturated heterocycles. The maximum Gasteiger partial charge on any atom is 0.673 e. The van der Waals surface area contributed by atoms with Gasteiger partial charge in [0.25, 0.3) is 0 Å². The molecule has 0 aromatic carbocycles. The normalized spacial score (nSPS) is 25.5. The van der Waals surface area contributed by atoms with Gasteiger partial charge in [0, 0.05) is 0 Å². The summed E-state index contributed by atoms with van der Waals surface area (Å²) >= 11 is 0. The van der Waals surface area contributed by atoms with Crippen molar-refractivity contribution in [2.24, 2.45) is 0 Å². The molecule has 0 aromatic rings. The third-order valence-corrected chi connectivity index (χ3v) is 9.57. The summed E-state index contributed by atoms with van der Waals surface area (Å²) in [5, 5.41) is 0. The molecule has 3 rings (SSSR count). The van der Waals surface area contributed by atoms with Crippen LogP contribution in [0.5, 0.6) is 0 Å². The quantitative estimate of drug-likeness (QED) is 0.295. The Bertz CT molecular complexity index is 284. The summed E-state index contributed by atoms with van der Waals surface area (Å²) in [7, 11) is -5.57. The van der Waals surface area contributed by atoms with Gasteiger partial charge in [0.2, 0.25) is 0 Å². The van der Waals surface area contributed by atoms with Crippen LogP contribution in [-0.4, -0.2) is 24.2 Å². The summed E-state index contributed by atoms with van der Waals surface area (Å²) in [6.07, 6.45) is 20.5. The third-order valence-electron chi connectivity index (χ3n) is 5.49. The lowest BCUT2D eigenvalue weighted by atomic mass is 9.98. The maximum absolute atomic E-state index is 9.75. The standard InChI is InChI=1S/C16H29P.BF4/c1-3-8-14(9-4-1)17(16-12-7-13-16)15-10-5-2-6-11-15;2-1(3,4)5/h14-16H,1-13H2;/q;-1. The number of hydrogen-bond donors (Lipinski definition) is 0. The van der Waals surface area contributed by atoms with Crippen molar-refractivity contribution in [1.82, 2.24) is 0 Å². The van der Waals surface area contributed by atoms with Crippen molar-refractivity contribution in [3.63, 3.8) is 0 Å². The van der Waals surface area contributed by atoms with Gasteiger partial charge in [-0.1, -0.05) is 52.9 Å². The van der Waals surface area contributed by atoms with E-state index in [-0.39, 0.29) is 0 Å². The average Bonchev–Trinajstić information content (AvgIpc) is 2.43. The van der Waals surface area contributed by atoms with E-state index in [4.69, 9.17) is 0 Å². The minimum absolute atomic E-state index is 0.429. The van der Waals surface area contributed by atoms with Crippen LogP contribution in [0.3, 0.4) is 0 Å². The monoisotopic (exact) mass is 339 g/mol. The molecule has 0 bridgehead atoms. The van der Waals surface area contributed by atoms with Crippen LogP contribution in [0.1, 0.15) is 83.5 Å². The molecular formula is C16H29BF4P-. The topological polar surface area (TPSA) is 0 Å². The highest BCUT2D eigenvalue weighted by Crippen LogP contribution is 2.63. The Morgan fingerprint density at radius 1 is 0.500 bits per heavy atom. The Kier molecular flexibility index (Phi) is 7.50. The molecule has 0 aliphatic heterocycles. The van der Waals surface area contributed by atoms with Crippen LogP contribution in [0, 0.1) is 0 Å². The minimum Gasteiger partial charge on any atom is -0.418 e. The first kappa shape index (κ1) is 18.6. The molecule has 0 atom stereocenters. The van der Waals surface area contributed by atoms with Gasteiger partial charge in [-0.25, -0.2) is 0 Å². The molecule has 0 nitrogen and oxygen atoms in total. The minimum atomic E-state index is -6.00. The van der Waals surface area contributed by atoms with Crippen LogP contribution in [-0.2, 0) is 0 Å². The zero-order chi connectivity index (χ0) is 16.0. The number of halogens is 4. The van der Waals surface area contributed by atoms with Crippen LogP contribution < -0.4 is 0 Å². The van der Waals surface area contributed by atoms with Crippen molar-refractivity contribution in [2.75, 3.05) is 0 Å². The molecule has 0 unspecified atom stereocenters. The third kappa shape index (κ3) is 6.38. The van der Waals surface area contributed by atoms with Crippen LogP contribution >= 0.6 is 7.92 Å². The molecule has 22 heavy (non-hydrogen) atoms. The summed E-state index contributed by atoms with van der Waals surface area (Å²) < 4.78 is 39.0. The van der Waals surface area contributed by atoms with E-state index < -0.39 is 7.25 Å². The van der Waals surface area contributed by atoms with Gasteiger partial charge in [-0.3, -0.25) is 0 Å². The lowest BCUT2D eigenvalue weighted by molar-refractivity contribution is 0.368. The zero-order valence-electron chi connectivity index (χ0n) is 13.5. The van der Waals surface area contributed by atoms with Crippen LogP contribution in [0.25, 0.3) is 0 Å². The van der Waals surface area contributed by atoms with Crippen molar-refractivity contribution >= 4 is 15.2 Å². The fraction of sp³-hybridized carbons (Fsp3) is 1.00. The zero-order valence-corrected chi connectivity index (χ0v) is 14.4. The van der Waals surface area contributed by atoms with Crippen molar-refractivity contribution in [1.29, 1.82) is 0 Å². The Labute approximate surface area is 133 Å². The van der Waals surface area contributed by atoms with Crippen molar-refractivity contribution in [3.8, 4) is 0 Å². The smallest absolute Gasteiger partial charge is 0.418 e. The van der Waals surface area contributed by atoms with Gasteiger partial charge in [-0.15, -0.1) is 0 Å². The van der Waals surface area contributed by atoms with Crippen LogP contribution in [0.15, 0.2) is 0 Å². The van der Waals surface area contributed by atoms with Gasteiger partial charge in [-0.05, 0) is 55.5 Å². The van der Waals surface area contributed by atoms with Gasteiger partial charge >= 0.3 is 7.25 Å². The summed E-state index contributed by atoms with van der Waals surface area (Å²) in [4.78, 5) is 0. The van der Waals surface area contributed by atoms with Crippen molar-refractivity contribution in [3.05, 3.63) is 0 Å². The van der Waals surface area contributed by atoms with Gasteiger partial charge in [0.1, 0.15) is 0 Å². The van der Waals surface area contributed by atoms with E-state index in [1.165, 1.54) is 29.8 Å². The summed E-state index contributed by atoms with van der Waals surface area (Å²) in [5.41, 5.74) is 3.62. The molecule has 0 aromatic heterocycles. The highest BCUT2D eigenvalue weighted by atomic mass is 31.1. The lowest BCUT2D eigenvalue weighted by Gasteiger charge is -2.46. The van der Waals surface area contributed by atoms with E-state index >= 15 is 0 Å². The lowest BCUT2D eigenvalue weighted by Crippen LogP contribution is -2.30. The first-order chi connectivity index (χ1) is 10.4. The summed E-state index contributed by atoms with van der Waals surface area (Å²) in [6.45, 7) is 0. The van der Waals surface area contributed by atoms with Gasteiger partial charge < -0.3 is 17.3 Å². The Morgan fingerprint density at radius 2 is 0.773 bits per heavy atom. The molecular weight excluding hydrogens is 310 g/mol. The molecule has 3 fully saturated rings. The molecule has 0 amide bonds. The highest BCUT2D eigenvalue weighted by molar-refractivity contribution is 7.60. The predicted octanol–water partition coefficient (Wildman–Crippen LogP) is 6.99. The Balaban J connectivity index is 0.000000309. The van der Waals surface area contributed by atoms with E-state index in [9.17, 15) is 17.3 Å². The maximum atomic E-state index is 9.75. The molecule has 6 heteroatoms. The van der Waals surface area contributed by atoms with Crippen LogP contribution in [0.2, 0.25) is 0 Å². The second-order valence-corrected chi connectivity index (χ2v) is 10.2. The van der Waals surface area contributed by atoms with Gasteiger partial charge in [-0.2, -0.15) is 0 Å². The average molecular weight is 339 g/mol. The first-order valence-corrected chi connectivity index (χ1v) is 10.6. The molecule has 3 aliphatic rings. The van der Waals surface area contributed by atoms with Crippen molar-refractivity contribution in [2.45, 2.75) is 100 Å². The molecule has 3 aliphatic carbocycles. The first-order valence-electron chi connectivity index (χ1n) is 9.10. The number of rotatable bonds is 3. The van der Waals surface area contributed by atoms with E-state index in [0.717, 1.165) is 0 Å². The second kappa shape index (κ2) is 8.90. The fourth-order valence-electron chi connectivity index (χ4n) is 4.34. The number of hydrogen-bond acceptors (Lipinski definition) is 0. The van der Waals surface area contributed by atoms with E-state index in [1.54, 1.807) is 70.6 Å². The molecule has 3 saturated carbocycles. The molecule has 0 N–H and O–H groups in total. The Morgan fingerprint density at radius 3 is 1.00 bits per heavy atom. The van der Waals surface area contributed by atoms with Crippen molar-refractivity contribution < 1.29 is 17.3 Å².